The van der Waals surface area contributed by atoms with Crippen LogP contribution in [0.15, 0.2) is 0 Å². The van der Waals surface area contributed by atoms with Crippen LogP contribution in [0.3, 0.4) is 0 Å². The monoisotopic (exact) mass is 327 g/mol. The van der Waals surface area contributed by atoms with Crippen LogP contribution in [0.1, 0.15) is 41.5 Å². The number of hydrogen-bond acceptors (Lipinski definition) is 1. The summed E-state index contributed by atoms with van der Waals surface area (Å²) in [6, 6.07) is -1.08. The summed E-state index contributed by atoms with van der Waals surface area (Å²) in [4.78, 5) is 11.1. The smallest absolute Gasteiger partial charge is 0.350 e. The second-order valence-electron chi connectivity index (χ2n) is 5.22. The average Bonchev–Trinajstić information content (AvgIpc) is 2.26. The quantitative estimate of drug-likeness (QED) is 0.749. The topological polar surface area (TPSA) is 29.1 Å². The minimum absolute atomic E-state index is 0.826. The largest absolute Gasteiger partial charge is 0.441 e. The van der Waals surface area contributed by atoms with Crippen LogP contribution in [0.2, 0.25) is 0 Å². The van der Waals surface area contributed by atoms with Gasteiger partial charge in [-0.3, -0.25) is 4.79 Å². The van der Waals surface area contributed by atoms with Crippen molar-refractivity contribution < 1.29 is 35.5 Å². The van der Waals surface area contributed by atoms with Crippen molar-refractivity contribution in [3.8, 4) is 0 Å². The fourth-order valence-electron chi connectivity index (χ4n) is 0.931. The molecule has 0 saturated heterocycles. The molecular weight excluding hydrogens is 307 g/mol. The predicted octanol–water partition coefficient (Wildman–Crippen LogP) is 4.40. The van der Waals surface area contributed by atoms with Crippen LogP contribution < -0.4 is 5.32 Å². The van der Waals surface area contributed by atoms with Crippen molar-refractivity contribution in [3.63, 3.8) is 0 Å². The van der Waals surface area contributed by atoms with E-state index in [1.807, 2.05) is 13.8 Å². The van der Waals surface area contributed by atoms with E-state index in [9.17, 15) is 35.5 Å². The molecule has 21 heavy (non-hydrogen) atoms. The molecule has 0 aromatic heterocycles. The summed E-state index contributed by atoms with van der Waals surface area (Å²) < 4.78 is 86.7. The number of carbonyl (C=O) groups is 1. The Morgan fingerprint density at radius 2 is 1.14 bits per heavy atom. The highest BCUT2D eigenvalue weighted by Crippen LogP contribution is 2.46. The summed E-state index contributed by atoms with van der Waals surface area (Å²) in [5.74, 6) is -2.75. The maximum Gasteiger partial charge on any atom is 0.441 e. The van der Waals surface area contributed by atoms with Gasteiger partial charge in [0.1, 0.15) is 0 Å². The molecule has 0 radical (unpaired) electrons. The standard InChI is InChI=1S/C10H14F7NO.C2H6/c1-5(7(2,3)4)18-6(19)8(11,9(12,13)14)10(15,16)17;1-2/h5H,1-4H3,(H,18,19);1-2H3. The summed E-state index contributed by atoms with van der Waals surface area (Å²) in [5.41, 5.74) is -6.74. The molecule has 9 heteroatoms. The Kier molecular flexibility index (Phi) is 7.24. The Bertz CT molecular complexity index is 327. The zero-order chi connectivity index (χ0) is 17.9. The van der Waals surface area contributed by atoms with E-state index in [-0.39, 0.29) is 0 Å². The van der Waals surface area contributed by atoms with Gasteiger partial charge in [-0.2, -0.15) is 26.3 Å². The Hall–Kier alpha value is -1.02. The number of amides is 1. The summed E-state index contributed by atoms with van der Waals surface area (Å²) in [6.07, 6.45) is -12.8. The van der Waals surface area contributed by atoms with Crippen molar-refractivity contribution >= 4 is 5.91 Å². The molecule has 1 unspecified atom stereocenters. The molecule has 0 aliphatic heterocycles. The molecule has 128 valence electrons. The van der Waals surface area contributed by atoms with E-state index in [0.29, 0.717) is 0 Å². The van der Waals surface area contributed by atoms with Crippen molar-refractivity contribution in [3.05, 3.63) is 0 Å². The van der Waals surface area contributed by atoms with Gasteiger partial charge in [0, 0.05) is 6.04 Å². The lowest BCUT2D eigenvalue weighted by Crippen LogP contribution is -2.64. The molecule has 2 nitrogen and oxygen atoms in total. The summed E-state index contributed by atoms with van der Waals surface area (Å²) in [5, 5.41) is 1.42. The molecule has 0 aliphatic rings. The minimum atomic E-state index is -6.38. The van der Waals surface area contributed by atoms with Crippen LogP contribution in [0.5, 0.6) is 0 Å². The molecule has 0 rings (SSSR count). The molecule has 0 aromatic carbocycles. The zero-order valence-corrected chi connectivity index (χ0v) is 12.6. The molecular formula is C12H20F7NO. The molecule has 0 saturated carbocycles. The lowest BCUT2D eigenvalue weighted by atomic mass is 9.87. The highest BCUT2D eigenvalue weighted by atomic mass is 19.4. The van der Waals surface area contributed by atoms with Gasteiger partial charge in [0.15, 0.2) is 0 Å². The van der Waals surface area contributed by atoms with Gasteiger partial charge in [0.2, 0.25) is 0 Å². The van der Waals surface area contributed by atoms with Gasteiger partial charge in [0.25, 0.3) is 5.91 Å². The molecule has 1 N–H and O–H groups in total. The molecule has 0 heterocycles. The molecule has 0 aromatic rings. The van der Waals surface area contributed by atoms with Gasteiger partial charge < -0.3 is 5.32 Å². The Morgan fingerprint density at radius 3 is 1.33 bits per heavy atom. The first-order valence-corrected chi connectivity index (χ1v) is 6.18. The van der Waals surface area contributed by atoms with Gasteiger partial charge in [-0.1, -0.05) is 34.6 Å². The van der Waals surface area contributed by atoms with Crippen LogP contribution in [0.25, 0.3) is 0 Å². The third-order valence-corrected chi connectivity index (χ3v) is 2.74. The highest BCUT2D eigenvalue weighted by molar-refractivity contribution is 5.87. The fourth-order valence-corrected chi connectivity index (χ4v) is 0.931. The Labute approximate surface area is 119 Å². The lowest BCUT2D eigenvalue weighted by molar-refractivity contribution is -0.326. The third-order valence-electron chi connectivity index (χ3n) is 2.74. The van der Waals surface area contributed by atoms with Crippen molar-refractivity contribution in [2.24, 2.45) is 5.41 Å². The van der Waals surface area contributed by atoms with E-state index < -0.39 is 35.4 Å². The average molecular weight is 327 g/mol. The molecule has 1 atom stereocenters. The van der Waals surface area contributed by atoms with E-state index in [0.717, 1.165) is 0 Å². The second kappa shape index (κ2) is 6.83. The maximum atomic E-state index is 13.3. The highest BCUT2D eigenvalue weighted by Gasteiger charge is 2.77. The van der Waals surface area contributed by atoms with E-state index in [4.69, 9.17) is 0 Å². The van der Waals surface area contributed by atoms with Crippen LogP contribution in [-0.2, 0) is 4.79 Å². The maximum absolute atomic E-state index is 13.3. The van der Waals surface area contributed by atoms with Crippen molar-refractivity contribution in [2.75, 3.05) is 0 Å². The minimum Gasteiger partial charge on any atom is -0.350 e. The SMILES string of the molecule is CC.CC(NC(=O)C(F)(C(F)(F)F)C(F)(F)F)C(C)(C)C. The Balaban J connectivity index is 0. The zero-order valence-electron chi connectivity index (χ0n) is 12.6. The van der Waals surface area contributed by atoms with Crippen molar-refractivity contribution in [2.45, 2.75) is 65.6 Å². The number of nitrogens with one attached hydrogen (secondary N) is 1. The van der Waals surface area contributed by atoms with Crippen LogP contribution in [0.4, 0.5) is 30.7 Å². The number of rotatable bonds is 2. The summed E-state index contributed by atoms with van der Waals surface area (Å²) in [6.45, 7) is 9.60. The van der Waals surface area contributed by atoms with E-state index in [1.54, 1.807) is 0 Å². The van der Waals surface area contributed by atoms with Gasteiger partial charge in [-0.25, -0.2) is 4.39 Å². The first-order chi connectivity index (χ1) is 9.05. The van der Waals surface area contributed by atoms with E-state index in [1.165, 1.54) is 33.0 Å². The van der Waals surface area contributed by atoms with Gasteiger partial charge >= 0.3 is 18.0 Å². The third kappa shape index (κ3) is 5.03. The Morgan fingerprint density at radius 1 is 0.857 bits per heavy atom. The normalized spacial score (nSPS) is 14.9. The molecule has 0 aliphatic carbocycles. The number of alkyl halides is 7. The predicted molar refractivity (Wildman–Crippen MR) is 64.4 cm³/mol. The van der Waals surface area contributed by atoms with Crippen molar-refractivity contribution in [1.82, 2.24) is 5.32 Å². The van der Waals surface area contributed by atoms with E-state index in [2.05, 4.69) is 0 Å². The number of carbonyl (C=O) groups excluding carboxylic acids is 1. The van der Waals surface area contributed by atoms with Gasteiger partial charge in [-0.05, 0) is 12.3 Å². The molecule has 0 bridgehead atoms. The van der Waals surface area contributed by atoms with Crippen LogP contribution >= 0.6 is 0 Å². The molecule has 1 amide bonds. The summed E-state index contributed by atoms with van der Waals surface area (Å²) in [7, 11) is 0. The summed E-state index contributed by atoms with van der Waals surface area (Å²) >= 11 is 0. The lowest BCUT2D eigenvalue weighted by Gasteiger charge is -2.33. The van der Waals surface area contributed by atoms with E-state index >= 15 is 0 Å². The molecule has 0 spiro atoms. The fraction of sp³-hybridized carbons (Fsp3) is 0.917. The van der Waals surface area contributed by atoms with Gasteiger partial charge in [-0.15, -0.1) is 0 Å². The first kappa shape index (κ1) is 22.3. The molecule has 0 fully saturated rings. The first-order valence-electron chi connectivity index (χ1n) is 6.18. The van der Waals surface area contributed by atoms with Crippen LogP contribution in [-0.4, -0.2) is 30.0 Å². The number of halogens is 7. The van der Waals surface area contributed by atoms with Crippen molar-refractivity contribution in [1.29, 1.82) is 0 Å². The van der Waals surface area contributed by atoms with Gasteiger partial charge in [0.05, 0.1) is 0 Å². The number of hydrogen-bond donors (Lipinski definition) is 1. The second-order valence-corrected chi connectivity index (χ2v) is 5.22. The van der Waals surface area contributed by atoms with Crippen LogP contribution in [0, 0.1) is 5.41 Å².